The highest BCUT2D eigenvalue weighted by molar-refractivity contribution is 5.80. The monoisotopic (exact) mass is 352 g/mol. The van der Waals surface area contributed by atoms with Crippen molar-refractivity contribution in [1.29, 1.82) is 0 Å². The van der Waals surface area contributed by atoms with E-state index in [-0.39, 0.29) is 5.41 Å². The number of rotatable bonds is 4. The first-order valence-corrected chi connectivity index (χ1v) is 10.2. The first kappa shape index (κ1) is 17.9. The molecular weight excluding hydrogens is 324 g/mol. The van der Waals surface area contributed by atoms with E-state index in [1.165, 1.54) is 40.7 Å². The van der Waals surface area contributed by atoms with Crippen molar-refractivity contribution in [3.63, 3.8) is 0 Å². The molecule has 0 aliphatic heterocycles. The fourth-order valence-electron chi connectivity index (χ4n) is 4.60. The summed E-state index contributed by atoms with van der Waals surface area (Å²) in [7, 11) is 0. The van der Waals surface area contributed by atoms with E-state index in [4.69, 9.17) is 0 Å². The minimum Gasteiger partial charge on any atom is -0.0979 e. The highest BCUT2D eigenvalue weighted by Crippen LogP contribution is 2.56. The van der Waals surface area contributed by atoms with Crippen molar-refractivity contribution in [2.24, 2.45) is 5.41 Å². The average molecular weight is 353 g/mol. The van der Waals surface area contributed by atoms with E-state index in [0.717, 1.165) is 18.4 Å². The van der Waals surface area contributed by atoms with Gasteiger partial charge in [-0.25, -0.2) is 0 Å². The fourth-order valence-corrected chi connectivity index (χ4v) is 4.60. The van der Waals surface area contributed by atoms with Crippen molar-refractivity contribution in [2.45, 2.75) is 52.4 Å². The molecule has 2 aromatic rings. The third kappa shape index (κ3) is 3.17. The Hall–Kier alpha value is -2.52. The van der Waals surface area contributed by atoms with E-state index >= 15 is 0 Å². The lowest BCUT2D eigenvalue weighted by Gasteiger charge is -2.35. The van der Waals surface area contributed by atoms with Crippen molar-refractivity contribution in [3.05, 3.63) is 83.0 Å². The molecule has 1 unspecified atom stereocenters. The Kier molecular flexibility index (Phi) is 4.79. The summed E-state index contributed by atoms with van der Waals surface area (Å²) in [6.07, 6.45) is 11.2. The standard InChI is InChI=1S/C27H28/c1-4-5-6-7-12-20-17-18-23-22-15-10-11-16-24(22)26(25(23)19-20)27(2,3)21-13-8-9-14-21/h8-11,13,15-19,26H,4-6,14H2,1-3H3. The average Bonchev–Trinajstić information content (AvgIpc) is 3.32. The van der Waals surface area contributed by atoms with Gasteiger partial charge in [-0.05, 0) is 52.6 Å². The van der Waals surface area contributed by atoms with Crippen LogP contribution in [0.25, 0.3) is 11.1 Å². The zero-order valence-electron chi connectivity index (χ0n) is 16.7. The SMILES string of the molecule is CCCCC#Cc1ccc2c(c1)C(C(C)(C)C1=CC=CC1)c1ccccc1-2. The molecule has 0 radical (unpaired) electrons. The van der Waals surface area contributed by atoms with Gasteiger partial charge in [0.15, 0.2) is 0 Å². The second-order valence-corrected chi connectivity index (χ2v) is 8.27. The number of hydrogen-bond acceptors (Lipinski definition) is 0. The highest BCUT2D eigenvalue weighted by atomic mass is 14.4. The van der Waals surface area contributed by atoms with Crippen LogP contribution in [0.4, 0.5) is 0 Å². The van der Waals surface area contributed by atoms with Crippen molar-refractivity contribution in [1.82, 2.24) is 0 Å². The molecule has 0 heterocycles. The van der Waals surface area contributed by atoms with Crippen molar-refractivity contribution < 1.29 is 0 Å². The molecule has 2 aromatic carbocycles. The van der Waals surface area contributed by atoms with E-state index < -0.39 is 0 Å². The molecular formula is C27H28. The van der Waals surface area contributed by atoms with Crippen LogP contribution in [0.5, 0.6) is 0 Å². The van der Waals surface area contributed by atoms with E-state index in [0.29, 0.717) is 5.92 Å². The Morgan fingerprint density at radius 3 is 2.63 bits per heavy atom. The van der Waals surface area contributed by atoms with Crippen molar-refractivity contribution in [3.8, 4) is 23.0 Å². The van der Waals surface area contributed by atoms with Crippen LogP contribution in [0, 0.1) is 17.3 Å². The number of fused-ring (bicyclic) bond motifs is 3. The van der Waals surface area contributed by atoms with Gasteiger partial charge in [0.05, 0.1) is 0 Å². The molecule has 0 fully saturated rings. The first-order chi connectivity index (χ1) is 13.1. The first-order valence-electron chi connectivity index (χ1n) is 10.2. The summed E-state index contributed by atoms with van der Waals surface area (Å²) < 4.78 is 0. The molecule has 4 rings (SSSR count). The van der Waals surface area contributed by atoms with Gasteiger partial charge in [-0.1, -0.05) is 93.2 Å². The van der Waals surface area contributed by atoms with E-state index in [1.54, 1.807) is 0 Å². The Morgan fingerprint density at radius 2 is 1.85 bits per heavy atom. The quantitative estimate of drug-likeness (QED) is 0.401. The van der Waals surface area contributed by atoms with Gasteiger partial charge >= 0.3 is 0 Å². The molecule has 0 aromatic heterocycles. The molecule has 0 saturated carbocycles. The van der Waals surface area contributed by atoms with Crippen LogP contribution in [0.1, 0.15) is 69.1 Å². The maximum absolute atomic E-state index is 3.40. The van der Waals surface area contributed by atoms with Gasteiger partial charge in [0.25, 0.3) is 0 Å². The lowest BCUT2D eigenvalue weighted by molar-refractivity contribution is 0.388. The van der Waals surface area contributed by atoms with Crippen LogP contribution >= 0.6 is 0 Å². The Bertz CT molecular complexity index is 973. The smallest absolute Gasteiger partial charge is 0.0248 e. The summed E-state index contributed by atoms with van der Waals surface area (Å²) >= 11 is 0. The Balaban J connectivity index is 1.79. The molecule has 0 saturated heterocycles. The summed E-state index contributed by atoms with van der Waals surface area (Å²) in [5.74, 6) is 7.13. The molecule has 0 nitrogen and oxygen atoms in total. The third-order valence-corrected chi connectivity index (χ3v) is 6.13. The minimum atomic E-state index is 0.0825. The summed E-state index contributed by atoms with van der Waals surface area (Å²) in [6, 6.07) is 15.8. The van der Waals surface area contributed by atoms with E-state index in [2.05, 4.69) is 93.3 Å². The van der Waals surface area contributed by atoms with Gasteiger partial charge in [-0.3, -0.25) is 0 Å². The molecule has 0 amide bonds. The van der Waals surface area contributed by atoms with Crippen LogP contribution in [-0.4, -0.2) is 0 Å². The molecule has 0 heteroatoms. The van der Waals surface area contributed by atoms with Crippen LogP contribution in [0.15, 0.2) is 66.3 Å². The largest absolute Gasteiger partial charge is 0.0979 e. The van der Waals surface area contributed by atoms with Crippen LogP contribution in [0.3, 0.4) is 0 Å². The van der Waals surface area contributed by atoms with E-state index in [9.17, 15) is 0 Å². The molecule has 2 aliphatic carbocycles. The molecule has 0 N–H and O–H groups in total. The summed E-state index contributed by atoms with van der Waals surface area (Å²) in [4.78, 5) is 0. The normalized spacial score (nSPS) is 17.1. The topological polar surface area (TPSA) is 0 Å². The Labute approximate surface area is 164 Å². The number of unbranched alkanes of at least 4 members (excludes halogenated alkanes) is 2. The zero-order valence-corrected chi connectivity index (χ0v) is 16.7. The molecule has 1 atom stereocenters. The summed E-state index contributed by atoms with van der Waals surface area (Å²) in [5, 5.41) is 0. The van der Waals surface area contributed by atoms with Gasteiger partial charge in [0.1, 0.15) is 0 Å². The molecule has 0 spiro atoms. The highest BCUT2D eigenvalue weighted by Gasteiger charge is 2.41. The lowest BCUT2D eigenvalue weighted by Crippen LogP contribution is -2.24. The molecule has 2 aliphatic rings. The maximum Gasteiger partial charge on any atom is 0.0248 e. The second-order valence-electron chi connectivity index (χ2n) is 8.27. The van der Waals surface area contributed by atoms with Gasteiger partial charge < -0.3 is 0 Å². The van der Waals surface area contributed by atoms with Crippen LogP contribution in [-0.2, 0) is 0 Å². The predicted molar refractivity (Wildman–Crippen MR) is 116 cm³/mol. The van der Waals surface area contributed by atoms with Gasteiger partial charge in [-0.2, -0.15) is 0 Å². The maximum atomic E-state index is 3.40. The minimum absolute atomic E-state index is 0.0825. The number of hydrogen-bond donors (Lipinski definition) is 0. The van der Waals surface area contributed by atoms with Crippen molar-refractivity contribution in [2.75, 3.05) is 0 Å². The molecule has 0 bridgehead atoms. The Morgan fingerprint density at radius 1 is 1.04 bits per heavy atom. The number of allylic oxidation sites excluding steroid dienone is 4. The van der Waals surface area contributed by atoms with Gasteiger partial charge in [0.2, 0.25) is 0 Å². The number of benzene rings is 2. The predicted octanol–water partition coefficient (Wildman–Crippen LogP) is 7.25. The zero-order chi connectivity index (χ0) is 18.9. The van der Waals surface area contributed by atoms with Crippen LogP contribution in [0.2, 0.25) is 0 Å². The van der Waals surface area contributed by atoms with E-state index in [1.807, 2.05) is 0 Å². The van der Waals surface area contributed by atoms with Gasteiger partial charge in [0, 0.05) is 17.9 Å². The fraction of sp³-hybridized carbons (Fsp3) is 0.333. The lowest BCUT2D eigenvalue weighted by atomic mass is 9.68. The summed E-state index contributed by atoms with van der Waals surface area (Å²) in [6.45, 7) is 7.03. The van der Waals surface area contributed by atoms with Gasteiger partial charge in [-0.15, -0.1) is 0 Å². The molecule has 136 valence electrons. The molecule has 27 heavy (non-hydrogen) atoms. The third-order valence-electron chi connectivity index (χ3n) is 6.13. The van der Waals surface area contributed by atoms with Crippen molar-refractivity contribution >= 4 is 0 Å². The second kappa shape index (κ2) is 7.24. The summed E-state index contributed by atoms with van der Waals surface area (Å²) in [5.41, 5.74) is 8.43. The van der Waals surface area contributed by atoms with Crippen LogP contribution < -0.4 is 0 Å².